The van der Waals surface area contributed by atoms with Gasteiger partial charge in [0.05, 0.1) is 23.9 Å². The molecular formula is C10H12CaCuN2O8-2. The van der Waals surface area contributed by atoms with E-state index in [-0.39, 0.29) is 67.9 Å². The Morgan fingerprint density at radius 3 is 0.909 bits per heavy atom. The molecule has 0 fully saturated rings. The minimum Gasteiger partial charge on any atom is -0.549 e. The van der Waals surface area contributed by atoms with Crippen LogP contribution in [0.15, 0.2) is 0 Å². The summed E-state index contributed by atoms with van der Waals surface area (Å²) in [5.41, 5.74) is 0. The van der Waals surface area contributed by atoms with Gasteiger partial charge in [-0.2, -0.15) is 0 Å². The van der Waals surface area contributed by atoms with Crippen LogP contribution in [0.4, 0.5) is 0 Å². The van der Waals surface area contributed by atoms with Crippen LogP contribution in [0, 0.1) is 0 Å². The Balaban J connectivity index is -0.00000180. The standard InChI is InChI=1S/C10H16N2O8.Ca.Cu/c13-7(14)3-11(4-8(15)16)1-2-12(5-9(17)18)6-10(19)20;;/h1-6H2,(H,13,14)(H,15,16)(H,17,18)(H,19,20);;/q;+2;/p-4. The van der Waals surface area contributed by atoms with Crippen LogP contribution in [0.1, 0.15) is 0 Å². The minimum atomic E-state index is -1.53. The summed E-state index contributed by atoms with van der Waals surface area (Å²) in [5.74, 6) is -6.12. The molecule has 10 nitrogen and oxygen atoms in total. The van der Waals surface area contributed by atoms with E-state index in [1.165, 1.54) is 0 Å². The second kappa shape index (κ2) is 14.2. The molecule has 0 amide bonds. The number of hydrogen-bond acceptors (Lipinski definition) is 10. The quantitative estimate of drug-likeness (QED) is 0.308. The van der Waals surface area contributed by atoms with Gasteiger partial charge in [-0.15, -0.1) is 0 Å². The van der Waals surface area contributed by atoms with E-state index in [9.17, 15) is 39.6 Å². The van der Waals surface area contributed by atoms with Gasteiger partial charge in [-0.05, 0) is 0 Å². The molecule has 0 unspecified atom stereocenters. The van der Waals surface area contributed by atoms with Gasteiger partial charge in [0.15, 0.2) is 0 Å². The largest absolute Gasteiger partial charge is 2.00 e. The fourth-order valence-corrected chi connectivity index (χ4v) is 1.44. The second-order valence-electron chi connectivity index (χ2n) is 3.91. The Bertz CT molecular complexity index is 327. The van der Waals surface area contributed by atoms with Crippen LogP contribution in [-0.4, -0.2) is 111 Å². The molecule has 12 heteroatoms. The summed E-state index contributed by atoms with van der Waals surface area (Å²) in [5, 5.41) is 41.6. The zero-order valence-electron chi connectivity index (χ0n) is 11.4. The van der Waals surface area contributed by atoms with Crippen molar-refractivity contribution in [2.75, 3.05) is 39.3 Å². The van der Waals surface area contributed by atoms with E-state index < -0.39 is 50.1 Å². The molecule has 0 aliphatic rings. The summed E-state index contributed by atoms with van der Waals surface area (Å²) in [7, 11) is 0. The molecule has 0 N–H and O–H groups in total. The molecule has 1 radical (unpaired) electrons. The predicted octanol–water partition coefficient (Wildman–Crippen LogP) is -7.79. The molecular weight excluding hydrogens is 380 g/mol. The Morgan fingerprint density at radius 1 is 0.591 bits per heavy atom. The molecule has 0 aromatic heterocycles. The van der Waals surface area contributed by atoms with Crippen molar-refractivity contribution < 1.29 is 56.7 Å². The smallest absolute Gasteiger partial charge is 0.549 e. The monoisotopic (exact) mass is 391 g/mol. The Hall–Kier alpha value is -0.421. The van der Waals surface area contributed by atoms with Crippen molar-refractivity contribution >= 4 is 61.6 Å². The van der Waals surface area contributed by atoms with Crippen LogP contribution in [-0.2, 0) is 36.2 Å². The third-order valence-corrected chi connectivity index (χ3v) is 2.14. The average Bonchev–Trinajstić information content (AvgIpc) is 2.22. The maximum Gasteiger partial charge on any atom is 2.00 e. The fourth-order valence-electron chi connectivity index (χ4n) is 1.44. The van der Waals surface area contributed by atoms with Gasteiger partial charge in [0.2, 0.25) is 0 Å². The van der Waals surface area contributed by atoms with E-state index in [1.54, 1.807) is 0 Å². The number of carboxylic acid groups (broad SMARTS) is 4. The zero-order valence-corrected chi connectivity index (χ0v) is 14.6. The number of carbonyl (C=O) groups excluding carboxylic acids is 4. The Labute approximate surface area is 166 Å². The Morgan fingerprint density at radius 2 is 0.773 bits per heavy atom. The Kier molecular flexibility index (Phi) is 17.1. The molecule has 0 heterocycles. The van der Waals surface area contributed by atoms with Crippen molar-refractivity contribution in [3.05, 3.63) is 0 Å². The summed E-state index contributed by atoms with van der Waals surface area (Å²) < 4.78 is 0. The van der Waals surface area contributed by atoms with Gasteiger partial charge in [0, 0.05) is 56.3 Å². The van der Waals surface area contributed by atoms with Crippen molar-refractivity contribution in [2.45, 2.75) is 0 Å². The van der Waals surface area contributed by atoms with Crippen molar-refractivity contribution in [3.8, 4) is 0 Å². The van der Waals surface area contributed by atoms with Gasteiger partial charge in [-0.25, -0.2) is 0 Å². The molecule has 0 aliphatic carbocycles. The summed E-state index contributed by atoms with van der Waals surface area (Å²) in [6.45, 7) is -3.25. The third kappa shape index (κ3) is 16.0. The van der Waals surface area contributed by atoms with Crippen molar-refractivity contribution in [1.29, 1.82) is 0 Å². The van der Waals surface area contributed by atoms with E-state index in [4.69, 9.17) is 0 Å². The van der Waals surface area contributed by atoms with Gasteiger partial charge in [-0.3, -0.25) is 9.80 Å². The zero-order chi connectivity index (χ0) is 15.7. The number of carbonyl (C=O) groups is 4. The summed E-state index contributed by atoms with van der Waals surface area (Å²) >= 11 is 0. The molecule has 22 heavy (non-hydrogen) atoms. The van der Waals surface area contributed by atoms with Crippen LogP contribution in [0.3, 0.4) is 0 Å². The topological polar surface area (TPSA) is 167 Å². The first-order chi connectivity index (χ1) is 9.20. The minimum absolute atomic E-state index is 0. The van der Waals surface area contributed by atoms with Gasteiger partial charge >= 0.3 is 37.7 Å². The van der Waals surface area contributed by atoms with Crippen LogP contribution in [0.5, 0.6) is 0 Å². The molecule has 0 aromatic carbocycles. The molecule has 0 aliphatic heterocycles. The molecule has 0 saturated carbocycles. The molecule has 0 spiro atoms. The van der Waals surface area contributed by atoms with Crippen molar-refractivity contribution in [2.24, 2.45) is 0 Å². The third-order valence-electron chi connectivity index (χ3n) is 2.14. The number of rotatable bonds is 11. The summed E-state index contributed by atoms with van der Waals surface area (Å²) in [6, 6.07) is 0. The van der Waals surface area contributed by atoms with Crippen molar-refractivity contribution in [3.63, 3.8) is 0 Å². The van der Waals surface area contributed by atoms with Crippen LogP contribution >= 0.6 is 0 Å². The molecule has 0 atom stereocenters. The number of carboxylic acids is 4. The molecule has 0 aromatic rings. The van der Waals surface area contributed by atoms with E-state index >= 15 is 0 Å². The van der Waals surface area contributed by atoms with E-state index in [1.807, 2.05) is 0 Å². The molecule has 0 bridgehead atoms. The first kappa shape index (κ1) is 26.5. The van der Waals surface area contributed by atoms with Crippen LogP contribution in [0.25, 0.3) is 0 Å². The van der Waals surface area contributed by atoms with Crippen molar-refractivity contribution in [1.82, 2.24) is 9.80 Å². The first-order valence-electron chi connectivity index (χ1n) is 5.44. The SMILES string of the molecule is O=C([O-])CN(CCN(CC(=O)[O-])CC(=O)[O-])CC(=O)[O-].[Ca+2].[Cu]. The fraction of sp³-hybridized carbons (Fsp3) is 0.600. The maximum absolute atomic E-state index is 10.4. The normalized spacial score (nSPS) is 9.73. The number of nitrogens with zero attached hydrogens (tertiary/aromatic N) is 2. The van der Waals surface area contributed by atoms with Crippen LogP contribution in [0.2, 0.25) is 0 Å². The predicted molar refractivity (Wildman–Crippen MR) is 58.7 cm³/mol. The molecule has 0 saturated heterocycles. The van der Waals surface area contributed by atoms with Gasteiger partial charge in [-0.1, -0.05) is 0 Å². The van der Waals surface area contributed by atoms with Gasteiger partial charge in [0.25, 0.3) is 0 Å². The first-order valence-corrected chi connectivity index (χ1v) is 5.44. The number of hydrogen-bond donors (Lipinski definition) is 0. The molecule has 125 valence electrons. The average molecular weight is 392 g/mol. The van der Waals surface area contributed by atoms with E-state index in [0.29, 0.717) is 0 Å². The van der Waals surface area contributed by atoms with Gasteiger partial charge in [0.1, 0.15) is 0 Å². The number of aliphatic carboxylic acids is 4. The van der Waals surface area contributed by atoms with Gasteiger partial charge < -0.3 is 39.6 Å². The van der Waals surface area contributed by atoms with Crippen LogP contribution < -0.4 is 20.4 Å². The second-order valence-corrected chi connectivity index (χ2v) is 3.91. The summed E-state index contributed by atoms with van der Waals surface area (Å²) in [4.78, 5) is 43.4. The molecule has 0 rings (SSSR count). The van der Waals surface area contributed by atoms with E-state index in [2.05, 4.69) is 0 Å². The van der Waals surface area contributed by atoms with E-state index in [0.717, 1.165) is 9.80 Å². The summed E-state index contributed by atoms with van der Waals surface area (Å²) in [6.07, 6.45) is 0. The maximum atomic E-state index is 10.4.